The maximum absolute atomic E-state index is 12.1. The Balaban J connectivity index is 0.000000610. The lowest BCUT2D eigenvalue weighted by molar-refractivity contribution is -0.127. The summed E-state index contributed by atoms with van der Waals surface area (Å²) < 4.78 is 0. The molecular weight excluding hydrogens is 396 g/mol. The van der Waals surface area contributed by atoms with Gasteiger partial charge < -0.3 is 20.9 Å². The van der Waals surface area contributed by atoms with Gasteiger partial charge in [0, 0.05) is 12.5 Å². The highest BCUT2D eigenvalue weighted by Gasteiger charge is 2.26. The molecule has 2 aromatic rings. The van der Waals surface area contributed by atoms with Crippen molar-refractivity contribution in [1.82, 2.24) is 25.9 Å². The summed E-state index contributed by atoms with van der Waals surface area (Å²) in [6.07, 6.45) is 4.78. The van der Waals surface area contributed by atoms with E-state index in [-0.39, 0.29) is 30.6 Å². The maximum atomic E-state index is 12.1. The molecule has 3 amide bonds. The van der Waals surface area contributed by atoms with Gasteiger partial charge in [-0.25, -0.2) is 4.98 Å². The van der Waals surface area contributed by atoms with Crippen LogP contribution in [0.5, 0.6) is 0 Å². The molecule has 0 bridgehead atoms. The van der Waals surface area contributed by atoms with Crippen molar-refractivity contribution in [2.75, 3.05) is 13.1 Å². The summed E-state index contributed by atoms with van der Waals surface area (Å²) in [5.41, 5.74) is 1.38. The largest absolute Gasteiger partial charge is 0.356 e. The van der Waals surface area contributed by atoms with Gasteiger partial charge in [-0.2, -0.15) is 5.26 Å². The quantitative estimate of drug-likeness (QED) is 0.558. The molecular formula is C22H28N6O3. The predicted octanol–water partition coefficient (Wildman–Crippen LogP) is 1.63. The van der Waals surface area contributed by atoms with Crippen LogP contribution in [0, 0.1) is 23.2 Å². The van der Waals surface area contributed by atoms with E-state index in [1.54, 1.807) is 12.1 Å². The summed E-state index contributed by atoms with van der Waals surface area (Å²) in [4.78, 5) is 43.0. The van der Waals surface area contributed by atoms with Crippen LogP contribution in [0.3, 0.4) is 0 Å². The molecule has 0 radical (unpaired) electrons. The van der Waals surface area contributed by atoms with E-state index >= 15 is 0 Å². The number of piperidine rings is 1. The highest BCUT2D eigenvalue weighted by atomic mass is 16.2. The Kier molecular flexibility index (Phi) is 7.60. The Bertz CT molecular complexity index is 942. The fraction of sp³-hybridized carbons (Fsp3) is 0.500. The molecule has 9 heteroatoms. The second-order valence-electron chi connectivity index (χ2n) is 8.08. The third-order valence-electron chi connectivity index (χ3n) is 5.29. The lowest BCUT2D eigenvalue weighted by Crippen LogP contribution is -2.44. The zero-order valence-electron chi connectivity index (χ0n) is 17.6. The molecule has 31 heavy (non-hydrogen) atoms. The van der Waals surface area contributed by atoms with Gasteiger partial charge in [0.15, 0.2) is 5.82 Å². The molecule has 1 aliphatic heterocycles. The number of amides is 3. The van der Waals surface area contributed by atoms with E-state index in [0.717, 1.165) is 17.9 Å². The molecule has 4 N–H and O–H groups in total. The molecule has 164 valence electrons. The van der Waals surface area contributed by atoms with Gasteiger partial charge in [-0.15, -0.1) is 0 Å². The molecule has 1 aromatic heterocycles. The monoisotopic (exact) mass is 424 g/mol. The van der Waals surface area contributed by atoms with Crippen LogP contribution in [0.2, 0.25) is 0 Å². The first-order valence-electron chi connectivity index (χ1n) is 10.7. The summed E-state index contributed by atoms with van der Waals surface area (Å²) in [5.74, 6) is -0.189. The van der Waals surface area contributed by atoms with Crippen molar-refractivity contribution < 1.29 is 14.4 Å². The van der Waals surface area contributed by atoms with Crippen LogP contribution in [0.4, 0.5) is 0 Å². The molecule has 0 unspecified atom stereocenters. The Morgan fingerprint density at radius 2 is 2.03 bits per heavy atom. The summed E-state index contributed by atoms with van der Waals surface area (Å²) in [6, 6.07) is 8.42. The lowest BCUT2D eigenvalue weighted by atomic mass is 9.92. The molecule has 4 rings (SSSR count). The highest BCUT2D eigenvalue weighted by Crippen LogP contribution is 2.26. The molecule has 2 heterocycles. The average Bonchev–Trinajstić information content (AvgIpc) is 3.43. The number of hydrogen-bond donors (Lipinski definition) is 4. The van der Waals surface area contributed by atoms with Crippen LogP contribution in [0.15, 0.2) is 24.3 Å². The van der Waals surface area contributed by atoms with Crippen LogP contribution in [-0.2, 0) is 9.59 Å². The number of nitrogens with zero attached hydrogens (tertiary/aromatic N) is 2. The summed E-state index contributed by atoms with van der Waals surface area (Å²) in [5, 5.41) is 17.0. The van der Waals surface area contributed by atoms with E-state index < -0.39 is 17.9 Å². The minimum atomic E-state index is -0.783. The molecule has 2 fully saturated rings. The Hall–Kier alpha value is -3.41. The number of aromatic nitrogens is 2. The van der Waals surface area contributed by atoms with Crippen molar-refractivity contribution in [3.05, 3.63) is 30.1 Å². The number of hydrogen-bond acceptors (Lipinski definition) is 5. The van der Waals surface area contributed by atoms with E-state index in [2.05, 4.69) is 32.8 Å². The van der Waals surface area contributed by atoms with E-state index in [1.165, 1.54) is 12.8 Å². The zero-order valence-corrected chi connectivity index (χ0v) is 17.6. The van der Waals surface area contributed by atoms with Gasteiger partial charge in [-0.1, -0.05) is 31.9 Å². The van der Waals surface area contributed by atoms with Gasteiger partial charge in [0.1, 0.15) is 6.04 Å². The number of carbonyl (C=O) groups is 3. The third-order valence-corrected chi connectivity index (χ3v) is 5.29. The second kappa shape index (κ2) is 10.6. The van der Waals surface area contributed by atoms with Crippen LogP contribution in [0.25, 0.3) is 11.0 Å². The molecule has 0 spiro atoms. The first-order valence-corrected chi connectivity index (χ1v) is 10.7. The Labute approximate surface area is 181 Å². The zero-order chi connectivity index (χ0) is 22.2. The van der Waals surface area contributed by atoms with Gasteiger partial charge in [-0.05, 0) is 37.3 Å². The van der Waals surface area contributed by atoms with Crippen LogP contribution < -0.4 is 16.0 Å². The number of para-hydroxylation sites is 2. The van der Waals surface area contributed by atoms with Crippen LogP contribution in [-0.4, -0.2) is 46.8 Å². The fourth-order valence-electron chi connectivity index (χ4n) is 3.21. The number of nitriles is 1. The number of benzene rings is 1. The third kappa shape index (κ3) is 6.81. The van der Waals surface area contributed by atoms with Gasteiger partial charge in [-0.3, -0.25) is 14.4 Å². The molecule has 2 atom stereocenters. The molecule has 1 aliphatic carbocycles. The first-order chi connectivity index (χ1) is 15.0. The normalized spacial score (nSPS) is 18.7. The number of nitrogens with one attached hydrogen (secondary N) is 4. The Morgan fingerprint density at radius 1 is 1.29 bits per heavy atom. The molecule has 1 saturated heterocycles. The number of carbonyl (C=O) groups excluding carboxylic acids is 3. The molecule has 1 aromatic carbocycles. The standard InChI is InChI=1S/C18H20N6O3.C4H8/c19-9-12(8-11-4-3-7-20-17(11)26)22-15(25)10-21-18(27)16-23-13-5-1-2-6-14(13)24-16;1-4-2-3-4/h1-2,5-6,11-12H,3-4,7-8,10H2,(H,20,26)(H,21,27)(H,22,25)(H,23,24);4H,2-3H2,1H3/t11-,12-;/m0./s1. The summed E-state index contributed by atoms with van der Waals surface area (Å²) in [7, 11) is 0. The number of H-pyrrole nitrogens is 1. The number of imidazole rings is 1. The van der Waals surface area contributed by atoms with Crippen molar-refractivity contribution in [3.8, 4) is 6.07 Å². The smallest absolute Gasteiger partial charge is 0.287 e. The average molecular weight is 425 g/mol. The van der Waals surface area contributed by atoms with Gasteiger partial charge >= 0.3 is 0 Å². The minimum Gasteiger partial charge on any atom is -0.356 e. The van der Waals surface area contributed by atoms with E-state index in [1.807, 2.05) is 18.2 Å². The van der Waals surface area contributed by atoms with E-state index in [0.29, 0.717) is 18.5 Å². The van der Waals surface area contributed by atoms with Crippen molar-refractivity contribution in [1.29, 1.82) is 5.26 Å². The fourth-order valence-corrected chi connectivity index (χ4v) is 3.21. The van der Waals surface area contributed by atoms with Crippen molar-refractivity contribution in [2.24, 2.45) is 11.8 Å². The SMILES string of the molecule is CC1CC1.N#C[C@H](C[C@@H]1CCCNC1=O)NC(=O)CNC(=O)c1nc2ccccc2[nH]1. The van der Waals surface area contributed by atoms with Crippen molar-refractivity contribution >= 4 is 28.8 Å². The number of aromatic amines is 1. The summed E-state index contributed by atoms with van der Waals surface area (Å²) in [6.45, 7) is 2.64. The molecule has 9 nitrogen and oxygen atoms in total. The van der Waals surface area contributed by atoms with Gasteiger partial charge in [0.2, 0.25) is 11.8 Å². The lowest BCUT2D eigenvalue weighted by Gasteiger charge is -2.23. The van der Waals surface area contributed by atoms with E-state index in [4.69, 9.17) is 0 Å². The van der Waals surface area contributed by atoms with Gasteiger partial charge in [0.25, 0.3) is 5.91 Å². The van der Waals surface area contributed by atoms with Gasteiger partial charge in [0.05, 0.1) is 23.6 Å². The van der Waals surface area contributed by atoms with E-state index in [9.17, 15) is 19.6 Å². The van der Waals surface area contributed by atoms with Crippen molar-refractivity contribution in [3.63, 3.8) is 0 Å². The number of fused-ring (bicyclic) bond motifs is 1. The summed E-state index contributed by atoms with van der Waals surface area (Å²) >= 11 is 0. The predicted molar refractivity (Wildman–Crippen MR) is 115 cm³/mol. The molecule has 1 saturated carbocycles. The van der Waals surface area contributed by atoms with Crippen LogP contribution >= 0.6 is 0 Å². The number of rotatable bonds is 6. The minimum absolute atomic E-state index is 0.0889. The maximum Gasteiger partial charge on any atom is 0.287 e. The first kappa shape index (κ1) is 22.3. The topological polar surface area (TPSA) is 140 Å². The Morgan fingerprint density at radius 3 is 2.68 bits per heavy atom. The van der Waals surface area contributed by atoms with Crippen molar-refractivity contribution in [2.45, 2.75) is 45.1 Å². The second-order valence-corrected chi connectivity index (χ2v) is 8.08. The highest BCUT2D eigenvalue weighted by molar-refractivity contribution is 5.96. The molecule has 2 aliphatic rings. The van der Waals surface area contributed by atoms with Crippen LogP contribution in [0.1, 0.15) is 49.6 Å².